The van der Waals surface area contributed by atoms with Gasteiger partial charge in [-0.05, 0) is 55.0 Å². The van der Waals surface area contributed by atoms with Crippen molar-refractivity contribution in [3.05, 3.63) is 77.1 Å². The smallest absolute Gasteiger partial charge is 0.412 e. The number of carbonyl (C=O) groups is 5. The van der Waals surface area contributed by atoms with E-state index in [2.05, 4.69) is 15.4 Å². The standard InChI is InChI=1S/C32H29F4N3O8S/c1-48-18-5-3-17(4-6-18)47-32(45)38-21-7-2-15-8-9-39-13-16(10-23(40)26(21)29(15)39)31(44)37-22(12-25(42)43)24(41)14-46-30-27(35)19(33)11-20(34)28(30)36/h3-6,8-9,11,16,21-22,26H,2,7,10,12-14H2,1H3,(H,37,44)(H,38,45)(H,42,43). The van der Waals surface area contributed by atoms with Crippen molar-refractivity contribution in [1.29, 1.82) is 0 Å². The van der Waals surface area contributed by atoms with Gasteiger partial charge in [0.15, 0.2) is 23.2 Å². The fourth-order valence-electron chi connectivity index (χ4n) is 5.89. The van der Waals surface area contributed by atoms with Crippen LogP contribution in [-0.2, 0) is 32.1 Å². The summed E-state index contributed by atoms with van der Waals surface area (Å²) < 4.78 is 66.9. The molecule has 2 aromatic carbocycles. The fraction of sp³-hybridized carbons (Fsp3) is 0.344. The van der Waals surface area contributed by atoms with Crippen molar-refractivity contribution in [3.63, 3.8) is 0 Å². The number of hydrogen-bond donors (Lipinski definition) is 3. The molecule has 1 aliphatic carbocycles. The Labute approximate surface area is 275 Å². The monoisotopic (exact) mass is 691 g/mol. The van der Waals surface area contributed by atoms with Gasteiger partial charge in [0, 0.05) is 41.9 Å². The molecule has 3 aromatic rings. The van der Waals surface area contributed by atoms with Crippen LogP contribution in [0.2, 0.25) is 0 Å². The van der Waals surface area contributed by atoms with Gasteiger partial charge in [-0.25, -0.2) is 13.6 Å². The van der Waals surface area contributed by atoms with Crippen molar-refractivity contribution in [1.82, 2.24) is 15.2 Å². The summed E-state index contributed by atoms with van der Waals surface area (Å²) in [4.78, 5) is 65.3. The summed E-state index contributed by atoms with van der Waals surface area (Å²) in [6, 6.07) is 6.17. The topological polar surface area (TPSA) is 153 Å². The summed E-state index contributed by atoms with van der Waals surface area (Å²) in [5, 5.41) is 14.4. The van der Waals surface area contributed by atoms with Crippen molar-refractivity contribution < 1.29 is 56.1 Å². The van der Waals surface area contributed by atoms with E-state index >= 15 is 0 Å². The Kier molecular flexibility index (Phi) is 10.4. The molecule has 0 spiro atoms. The highest BCUT2D eigenvalue weighted by Gasteiger charge is 2.43. The lowest BCUT2D eigenvalue weighted by Crippen LogP contribution is -2.47. The third-order valence-electron chi connectivity index (χ3n) is 8.19. The fourth-order valence-corrected chi connectivity index (χ4v) is 6.30. The minimum absolute atomic E-state index is 0.0220. The summed E-state index contributed by atoms with van der Waals surface area (Å²) in [6.07, 6.45) is 2.49. The maximum atomic E-state index is 14.0. The number of carbonyl (C=O) groups excluding carboxylic acids is 4. The molecule has 11 nitrogen and oxygen atoms in total. The normalized spacial score (nSPS) is 19.0. The van der Waals surface area contributed by atoms with Gasteiger partial charge >= 0.3 is 12.1 Å². The Balaban J connectivity index is 1.28. The molecule has 2 aliphatic rings. The average Bonchev–Trinajstić information content (AvgIpc) is 3.38. The molecule has 48 heavy (non-hydrogen) atoms. The number of aryl methyl sites for hydroxylation is 1. The largest absolute Gasteiger partial charge is 0.481 e. The Morgan fingerprint density at radius 1 is 1.06 bits per heavy atom. The number of amides is 2. The number of aromatic nitrogens is 1. The quantitative estimate of drug-likeness (QED) is 0.153. The van der Waals surface area contributed by atoms with Crippen molar-refractivity contribution in [2.75, 3.05) is 12.9 Å². The second kappa shape index (κ2) is 14.5. The third-order valence-corrected chi connectivity index (χ3v) is 8.93. The van der Waals surface area contributed by atoms with Gasteiger partial charge in [-0.15, -0.1) is 11.8 Å². The first-order chi connectivity index (χ1) is 22.9. The molecule has 2 heterocycles. The molecule has 5 rings (SSSR count). The summed E-state index contributed by atoms with van der Waals surface area (Å²) >= 11 is 1.52. The van der Waals surface area contributed by atoms with E-state index in [1.807, 2.05) is 6.26 Å². The van der Waals surface area contributed by atoms with Crippen molar-refractivity contribution >= 4 is 41.3 Å². The number of Topliss-reactive ketones (excluding diaryl/α,β-unsaturated/α-hetero) is 2. The Morgan fingerprint density at radius 3 is 2.40 bits per heavy atom. The molecule has 0 saturated carbocycles. The number of ketones is 2. The van der Waals surface area contributed by atoms with Gasteiger partial charge in [0.1, 0.15) is 24.2 Å². The van der Waals surface area contributed by atoms with Crippen molar-refractivity contribution in [2.45, 2.75) is 55.1 Å². The molecular formula is C32H29F4N3O8S. The molecule has 4 unspecified atom stereocenters. The van der Waals surface area contributed by atoms with Gasteiger partial charge in [-0.1, -0.05) is 0 Å². The van der Waals surface area contributed by atoms with Crippen LogP contribution in [0, 0.1) is 29.2 Å². The molecular weight excluding hydrogens is 662 g/mol. The zero-order valence-electron chi connectivity index (χ0n) is 25.3. The zero-order valence-corrected chi connectivity index (χ0v) is 26.1. The molecule has 1 aliphatic heterocycles. The molecule has 0 saturated heterocycles. The van der Waals surface area contributed by atoms with Gasteiger partial charge in [-0.2, -0.15) is 8.78 Å². The lowest BCUT2D eigenvalue weighted by molar-refractivity contribution is -0.141. The Bertz CT molecular complexity index is 1740. The number of hydrogen-bond acceptors (Lipinski definition) is 8. The van der Waals surface area contributed by atoms with Crippen LogP contribution in [0.5, 0.6) is 11.5 Å². The maximum absolute atomic E-state index is 14.0. The first-order valence-corrected chi connectivity index (χ1v) is 15.9. The second-order valence-electron chi connectivity index (χ2n) is 11.3. The number of carboxylic acids is 1. The van der Waals surface area contributed by atoms with E-state index in [0.29, 0.717) is 24.3 Å². The van der Waals surface area contributed by atoms with Gasteiger partial charge in [0.25, 0.3) is 0 Å². The lowest BCUT2D eigenvalue weighted by Gasteiger charge is -2.31. The van der Waals surface area contributed by atoms with E-state index in [1.54, 1.807) is 41.1 Å². The molecule has 3 N–H and O–H groups in total. The van der Waals surface area contributed by atoms with Crippen LogP contribution in [0.25, 0.3) is 0 Å². The number of nitrogens with one attached hydrogen (secondary N) is 2. The van der Waals surface area contributed by atoms with Crippen LogP contribution >= 0.6 is 11.8 Å². The van der Waals surface area contributed by atoms with Gasteiger partial charge in [0.2, 0.25) is 17.5 Å². The lowest BCUT2D eigenvalue weighted by atomic mass is 9.79. The second-order valence-corrected chi connectivity index (χ2v) is 12.2. The minimum atomic E-state index is -1.91. The molecule has 0 bridgehead atoms. The maximum Gasteiger partial charge on any atom is 0.412 e. The number of carboxylic acid groups (broad SMARTS) is 1. The number of nitrogens with zero attached hydrogens (tertiary/aromatic N) is 1. The van der Waals surface area contributed by atoms with E-state index in [-0.39, 0.29) is 24.8 Å². The molecule has 254 valence electrons. The van der Waals surface area contributed by atoms with Crippen molar-refractivity contribution in [3.8, 4) is 11.5 Å². The SMILES string of the molecule is CSc1ccc(OC(=O)NC2CCc3ccn4c3C2C(=O)CC(C(=O)NC(CC(=O)O)C(=O)COc2c(F)c(F)cc(F)c2F)C4)cc1. The summed E-state index contributed by atoms with van der Waals surface area (Å²) in [7, 11) is 0. The molecule has 16 heteroatoms. The van der Waals surface area contributed by atoms with Crippen LogP contribution in [-0.4, -0.2) is 64.2 Å². The van der Waals surface area contributed by atoms with E-state index in [9.17, 15) is 46.6 Å². The average molecular weight is 692 g/mol. The van der Waals surface area contributed by atoms with Crippen LogP contribution in [0.15, 0.2) is 47.5 Å². The molecule has 1 aromatic heterocycles. The third kappa shape index (κ3) is 7.48. The number of rotatable bonds is 11. The minimum Gasteiger partial charge on any atom is -0.481 e. The summed E-state index contributed by atoms with van der Waals surface area (Å²) in [5.74, 6) is -14.4. The first-order valence-electron chi connectivity index (χ1n) is 14.7. The summed E-state index contributed by atoms with van der Waals surface area (Å²) in [6.45, 7) is -1.26. The van der Waals surface area contributed by atoms with Crippen LogP contribution in [0.1, 0.15) is 36.4 Å². The number of halogens is 4. The molecule has 4 atom stereocenters. The van der Waals surface area contributed by atoms with Crippen molar-refractivity contribution in [2.24, 2.45) is 5.92 Å². The molecule has 0 radical (unpaired) electrons. The molecule has 0 fully saturated rings. The van der Waals surface area contributed by atoms with E-state index in [0.717, 1.165) is 10.5 Å². The van der Waals surface area contributed by atoms with E-state index < -0.39 is 89.7 Å². The van der Waals surface area contributed by atoms with Gasteiger partial charge in [0.05, 0.1) is 18.3 Å². The number of aliphatic carboxylic acids is 1. The van der Waals surface area contributed by atoms with Crippen LogP contribution in [0.3, 0.4) is 0 Å². The first kappa shape index (κ1) is 34.5. The number of benzene rings is 2. The molecule has 2 amide bonds. The van der Waals surface area contributed by atoms with E-state index in [4.69, 9.17) is 4.74 Å². The predicted octanol–water partition coefficient (Wildman–Crippen LogP) is 4.15. The highest BCUT2D eigenvalue weighted by Crippen LogP contribution is 2.38. The number of thioether (sulfide) groups is 1. The zero-order chi connectivity index (χ0) is 34.7. The number of ether oxygens (including phenoxy) is 2. The van der Waals surface area contributed by atoms with Gasteiger partial charge in [-0.3, -0.25) is 19.2 Å². The highest BCUT2D eigenvalue weighted by atomic mass is 32.2. The predicted molar refractivity (Wildman–Crippen MR) is 161 cm³/mol. The van der Waals surface area contributed by atoms with E-state index in [1.165, 1.54) is 11.8 Å². The van der Waals surface area contributed by atoms with Gasteiger partial charge < -0.3 is 29.8 Å². The Morgan fingerprint density at radius 2 is 1.75 bits per heavy atom. The van der Waals surface area contributed by atoms with Crippen LogP contribution < -0.4 is 20.1 Å². The Hall–Kier alpha value is -4.86. The van der Waals surface area contributed by atoms with Crippen LogP contribution in [0.4, 0.5) is 22.4 Å². The summed E-state index contributed by atoms with van der Waals surface area (Å²) in [5.41, 5.74) is 1.48. The highest BCUT2D eigenvalue weighted by molar-refractivity contribution is 7.98.